The SMILES string of the molecule is CCNC(=NCc1ccon1)NCC(C)c1cccc(C)c1.I. The van der Waals surface area contributed by atoms with Crippen molar-refractivity contribution in [2.75, 3.05) is 13.1 Å². The number of rotatable bonds is 6. The molecule has 0 aliphatic carbocycles. The zero-order valence-electron chi connectivity index (χ0n) is 13.9. The van der Waals surface area contributed by atoms with Gasteiger partial charge in [-0.3, -0.25) is 0 Å². The maximum Gasteiger partial charge on any atom is 0.191 e. The zero-order chi connectivity index (χ0) is 15.8. The van der Waals surface area contributed by atoms with Crippen molar-refractivity contribution in [2.24, 2.45) is 4.99 Å². The monoisotopic (exact) mass is 428 g/mol. The van der Waals surface area contributed by atoms with Gasteiger partial charge < -0.3 is 15.2 Å². The van der Waals surface area contributed by atoms with Crippen LogP contribution in [0.15, 0.2) is 46.1 Å². The Balaban J connectivity index is 0.00000264. The summed E-state index contributed by atoms with van der Waals surface area (Å²) in [7, 11) is 0. The standard InChI is InChI=1S/C17H24N4O.HI/c1-4-18-17(20-12-16-8-9-22-21-16)19-11-14(3)15-7-5-6-13(2)10-15;/h5-10,14H,4,11-12H2,1-3H3,(H2,18,19,20);1H. The van der Waals surface area contributed by atoms with Crippen molar-refractivity contribution >= 4 is 29.9 Å². The number of halogens is 1. The van der Waals surface area contributed by atoms with Crippen LogP contribution in [0.2, 0.25) is 0 Å². The van der Waals surface area contributed by atoms with Crippen molar-refractivity contribution in [1.82, 2.24) is 15.8 Å². The quantitative estimate of drug-likeness (QED) is 0.420. The molecule has 1 unspecified atom stereocenters. The summed E-state index contributed by atoms with van der Waals surface area (Å²) in [6.07, 6.45) is 1.56. The topological polar surface area (TPSA) is 62.5 Å². The number of aliphatic imine (C=N–C) groups is 1. The Kier molecular flexibility index (Phi) is 8.68. The summed E-state index contributed by atoms with van der Waals surface area (Å²) >= 11 is 0. The maximum absolute atomic E-state index is 4.81. The molecular formula is C17H25IN4O. The number of aryl methyl sites for hydroxylation is 1. The summed E-state index contributed by atoms with van der Waals surface area (Å²) in [5.74, 6) is 1.21. The molecule has 1 heterocycles. The molecule has 1 atom stereocenters. The van der Waals surface area contributed by atoms with Gasteiger partial charge >= 0.3 is 0 Å². The first-order valence-electron chi connectivity index (χ1n) is 7.67. The zero-order valence-corrected chi connectivity index (χ0v) is 16.2. The van der Waals surface area contributed by atoms with Gasteiger partial charge in [0.1, 0.15) is 12.0 Å². The second kappa shape index (κ2) is 10.3. The molecule has 126 valence electrons. The molecule has 0 radical (unpaired) electrons. The van der Waals surface area contributed by atoms with Gasteiger partial charge in [0.05, 0.1) is 6.54 Å². The number of benzene rings is 1. The highest BCUT2D eigenvalue weighted by Crippen LogP contribution is 2.15. The molecule has 6 heteroatoms. The molecule has 0 spiro atoms. The predicted molar refractivity (Wildman–Crippen MR) is 104 cm³/mol. The van der Waals surface area contributed by atoms with Gasteiger partial charge in [-0.05, 0) is 25.3 Å². The van der Waals surface area contributed by atoms with Crippen LogP contribution in [0.1, 0.15) is 36.6 Å². The van der Waals surface area contributed by atoms with Crippen LogP contribution < -0.4 is 10.6 Å². The Morgan fingerprint density at radius 2 is 2.13 bits per heavy atom. The third kappa shape index (κ3) is 6.60. The minimum absolute atomic E-state index is 0. The highest BCUT2D eigenvalue weighted by atomic mass is 127. The summed E-state index contributed by atoms with van der Waals surface area (Å²) < 4.78 is 4.81. The Labute approximate surface area is 155 Å². The molecule has 1 aromatic carbocycles. The lowest BCUT2D eigenvalue weighted by Gasteiger charge is -2.16. The fourth-order valence-corrected chi connectivity index (χ4v) is 2.17. The van der Waals surface area contributed by atoms with Crippen LogP contribution in [0.5, 0.6) is 0 Å². The molecule has 0 saturated carbocycles. The van der Waals surface area contributed by atoms with E-state index >= 15 is 0 Å². The first-order valence-corrected chi connectivity index (χ1v) is 7.67. The van der Waals surface area contributed by atoms with Crippen molar-refractivity contribution in [3.05, 3.63) is 53.4 Å². The second-order valence-electron chi connectivity index (χ2n) is 5.38. The molecule has 0 aliphatic heterocycles. The van der Waals surface area contributed by atoms with Crippen LogP contribution >= 0.6 is 24.0 Å². The van der Waals surface area contributed by atoms with Crippen molar-refractivity contribution in [1.29, 1.82) is 0 Å². The molecular weight excluding hydrogens is 403 g/mol. The average Bonchev–Trinajstić information content (AvgIpc) is 3.03. The number of nitrogens with one attached hydrogen (secondary N) is 2. The smallest absolute Gasteiger partial charge is 0.191 e. The molecule has 0 amide bonds. The van der Waals surface area contributed by atoms with Crippen LogP contribution in [0.3, 0.4) is 0 Å². The predicted octanol–water partition coefficient (Wildman–Crippen LogP) is 3.46. The molecule has 2 N–H and O–H groups in total. The van der Waals surface area contributed by atoms with Crippen LogP contribution in [0.4, 0.5) is 0 Å². The average molecular weight is 428 g/mol. The Bertz CT molecular complexity index is 598. The summed E-state index contributed by atoms with van der Waals surface area (Å²) in [5, 5.41) is 10.5. The molecule has 23 heavy (non-hydrogen) atoms. The first kappa shape index (κ1) is 19.5. The van der Waals surface area contributed by atoms with Gasteiger partial charge in [-0.2, -0.15) is 0 Å². The molecule has 5 nitrogen and oxygen atoms in total. The molecule has 2 aromatic rings. The largest absolute Gasteiger partial charge is 0.364 e. The second-order valence-corrected chi connectivity index (χ2v) is 5.38. The van der Waals surface area contributed by atoms with Crippen LogP contribution in [-0.2, 0) is 6.54 Å². The number of aromatic nitrogens is 1. The minimum atomic E-state index is 0. The van der Waals surface area contributed by atoms with E-state index < -0.39 is 0 Å². The Morgan fingerprint density at radius 3 is 2.78 bits per heavy atom. The van der Waals surface area contributed by atoms with Gasteiger partial charge in [-0.1, -0.05) is 41.9 Å². The normalized spacial score (nSPS) is 12.4. The highest BCUT2D eigenvalue weighted by Gasteiger charge is 2.07. The van der Waals surface area contributed by atoms with Gasteiger partial charge in [-0.15, -0.1) is 24.0 Å². The van der Waals surface area contributed by atoms with E-state index in [2.05, 4.69) is 65.8 Å². The van der Waals surface area contributed by atoms with Gasteiger partial charge in [0.2, 0.25) is 0 Å². The first-order chi connectivity index (χ1) is 10.7. The van der Waals surface area contributed by atoms with E-state index in [1.165, 1.54) is 11.1 Å². The third-order valence-corrected chi connectivity index (χ3v) is 3.42. The van der Waals surface area contributed by atoms with Crippen LogP contribution in [-0.4, -0.2) is 24.2 Å². The van der Waals surface area contributed by atoms with Crippen molar-refractivity contribution in [3.63, 3.8) is 0 Å². The molecule has 0 saturated heterocycles. The van der Waals surface area contributed by atoms with Gasteiger partial charge in [-0.25, -0.2) is 4.99 Å². The van der Waals surface area contributed by atoms with Gasteiger partial charge in [0, 0.05) is 19.2 Å². The van der Waals surface area contributed by atoms with E-state index in [1.54, 1.807) is 6.26 Å². The van der Waals surface area contributed by atoms with E-state index in [4.69, 9.17) is 4.52 Å². The minimum Gasteiger partial charge on any atom is -0.364 e. The van der Waals surface area contributed by atoms with E-state index in [-0.39, 0.29) is 24.0 Å². The van der Waals surface area contributed by atoms with Crippen LogP contribution in [0, 0.1) is 6.92 Å². The van der Waals surface area contributed by atoms with Gasteiger partial charge in [0.25, 0.3) is 0 Å². The van der Waals surface area contributed by atoms with Crippen molar-refractivity contribution in [2.45, 2.75) is 33.2 Å². The lowest BCUT2D eigenvalue weighted by atomic mass is 9.99. The number of guanidine groups is 1. The molecule has 0 aliphatic rings. The maximum atomic E-state index is 4.81. The number of hydrogen-bond acceptors (Lipinski definition) is 3. The van der Waals surface area contributed by atoms with Crippen molar-refractivity contribution in [3.8, 4) is 0 Å². The fourth-order valence-electron chi connectivity index (χ4n) is 2.17. The van der Waals surface area contributed by atoms with E-state index in [9.17, 15) is 0 Å². The lowest BCUT2D eigenvalue weighted by molar-refractivity contribution is 0.412. The summed E-state index contributed by atoms with van der Waals surface area (Å²) in [6.45, 7) is 8.54. The van der Waals surface area contributed by atoms with Crippen molar-refractivity contribution < 1.29 is 4.52 Å². The molecule has 1 aromatic heterocycles. The summed E-state index contributed by atoms with van der Waals surface area (Å²) in [4.78, 5) is 4.51. The Morgan fingerprint density at radius 1 is 1.30 bits per heavy atom. The summed E-state index contributed by atoms with van der Waals surface area (Å²) in [6, 6.07) is 10.4. The summed E-state index contributed by atoms with van der Waals surface area (Å²) in [5.41, 5.74) is 3.44. The van der Waals surface area contributed by atoms with Gasteiger partial charge in [0.15, 0.2) is 5.96 Å². The molecule has 0 bridgehead atoms. The molecule has 2 rings (SSSR count). The third-order valence-electron chi connectivity index (χ3n) is 3.42. The fraction of sp³-hybridized carbons (Fsp3) is 0.412. The highest BCUT2D eigenvalue weighted by molar-refractivity contribution is 14.0. The van der Waals surface area contributed by atoms with Crippen LogP contribution in [0.25, 0.3) is 0 Å². The number of nitrogens with zero attached hydrogens (tertiary/aromatic N) is 2. The van der Waals surface area contributed by atoms with E-state index in [0.717, 1.165) is 24.7 Å². The lowest BCUT2D eigenvalue weighted by Crippen LogP contribution is -2.39. The molecule has 0 fully saturated rings. The number of hydrogen-bond donors (Lipinski definition) is 2. The van der Waals surface area contributed by atoms with E-state index in [0.29, 0.717) is 12.5 Å². The van der Waals surface area contributed by atoms with E-state index in [1.807, 2.05) is 6.07 Å². The Hall–Kier alpha value is -1.57.